The predicted molar refractivity (Wildman–Crippen MR) is 101 cm³/mol. The fourth-order valence-electron chi connectivity index (χ4n) is 1.97. The maximum atomic E-state index is 12.4. The molecule has 0 radical (unpaired) electrons. The third-order valence-corrected chi connectivity index (χ3v) is 3.35. The molecular formula is C19H25N3O6. The van der Waals surface area contributed by atoms with Crippen LogP contribution in [0, 0.1) is 11.3 Å². The quantitative estimate of drug-likeness (QED) is 0.282. The van der Waals surface area contributed by atoms with E-state index in [0.29, 0.717) is 0 Å². The molecule has 1 rings (SSSR count). The van der Waals surface area contributed by atoms with Gasteiger partial charge in [0, 0.05) is 11.8 Å². The van der Waals surface area contributed by atoms with Crippen LogP contribution in [0.1, 0.15) is 44.5 Å². The zero-order chi connectivity index (χ0) is 21.3. The highest BCUT2D eigenvalue weighted by Crippen LogP contribution is 2.08. The second-order valence-electron chi connectivity index (χ2n) is 6.84. The minimum absolute atomic E-state index is 0.239. The fourth-order valence-corrected chi connectivity index (χ4v) is 1.97. The monoisotopic (exact) mass is 391 g/mol. The standard InChI is InChI=1S/C19H25N3O6/c1-5-12(11-20)16(24)27-17(25)14(22-18(26)28-19(2,3)4)21-15(23)13-9-7-6-8-10-13/h6-12,14,20H,5H2,1-4H3,(H,21,23)(H,22,26). The Morgan fingerprint density at radius 1 is 1.07 bits per heavy atom. The van der Waals surface area contributed by atoms with Crippen LogP contribution in [0.25, 0.3) is 0 Å². The van der Waals surface area contributed by atoms with E-state index in [1.165, 1.54) is 12.1 Å². The van der Waals surface area contributed by atoms with Crippen LogP contribution >= 0.6 is 0 Å². The third-order valence-electron chi connectivity index (χ3n) is 3.35. The van der Waals surface area contributed by atoms with E-state index in [9.17, 15) is 19.2 Å². The van der Waals surface area contributed by atoms with Crippen molar-refractivity contribution in [3.63, 3.8) is 0 Å². The first-order valence-corrected chi connectivity index (χ1v) is 8.69. The molecule has 9 nitrogen and oxygen atoms in total. The van der Waals surface area contributed by atoms with E-state index in [1.807, 2.05) is 0 Å². The van der Waals surface area contributed by atoms with Gasteiger partial charge >= 0.3 is 18.0 Å². The van der Waals surface area contributed by atoms with E-state index in [4.69, 9.17) is 14.9 Å². The number of carbonyl (C=O) groups excluding carboxylic acids is 4. The van der Waals surface area contributed by atoms with E-state index in [2.05, 4.69) is 10.6 Å². The molecule has 2 amide bonds. The Hall–Kier alpha value is -3.23. The lowest BCUT2D eigenvalue weighted by Crippen LogP contribution is -2.55. The number of alkyl carbamates (subject to hydrolysis) is 1. The zero-order valence-electron chi connectivity index (χ0n) is 16.3. The van der Waals surface area contributed by atoms with Crippen molar-refractivity contribution in [3.05, 3.63) is 35.9 Å². The Morgan fingerprint density at radius 3 is 2.18 bits per heavy atom. The smallest absolute Gasteiger partial charge is 0.409 e. The Labute approximate surface area is 163 Å². The summed E-state index contributed by atoms with van der Waals surface area (Å²) < 4.78 is 9.78. The minimum atomic E-state index is -1.66. The average Bonchev–Trinajstić information content (AvgIpc) is 2.61. The lowest BCUT2D eigenvalue weighted by molar-refractivity contribution is -0.163. The van der Waals surface area contributed by atoms with E-state index in [0.717, 1.165) is 6.21 Å². The van der Waals surface area contributed by atoms with Gasteiger partial charge in [0.25, 0.3) is 5.91 Å². The van der Waals surface area contributed by atoms with Crippen molar-refractivity contribution in [1.29, 1.82) is 5.41 Å². The first-order valence-electron chi connectivity index (χ1n) is 8.69. The molecule has 0 aromatic heterocycles. The molecule has 2 unspecified atom stereocenters. The van der Waals surface area contributed by atoms with Crippen LogP contribution in [-0.4, -0.2) is 41.9 Å². The molecule has 2 atom stereocenters. The summed E-state index contributed by atoms with van der Waals surface area (Å²) in [5.74, 6) is -3.71. The van der Waals surface area contributed by atoms with Gasteiger partial charge in [-0.25, -0.2) is 9.59 Å². The van der Waals surface area contributed by atoms with Crippen molar-refractivity contribution >= 4 is 30.2 Å². The van der Waals surface area contributed by atoms with Gasteiger partial charge in [-0.05, 0) is 39.3 Å². The van der Waals surface area contributed by atoms with Gasteiger partial charge in [-0.2, -0.15) is 0 Å². The molecule has 0 aliphatic rings. The van der Waals surface area contributed by atoms with Crippen LogP contribution in [-0.2, 0) is 19.1 Å². The summed E-state index contributed by atoms with van der Waals surface area (Å²) in [6.45, 7) is 6.53. The summed E-state index contributed by atoms with van der Waals surface area (Å²) in [5, 5.41) is 11.7. The molecular weight excluding hydrogens is 366 g/mol. The highest BCUT2D eigenvalue weighted by molar-refractivity contribution is 6.00. The van der Waals surface area contributed by atoms with Gasteiger partial charge in [-0.3, -0.25) is 14.9 Å². The molecule has 9 heteroatoms. The van der Waals surface area contributed by atoms with Crippen molar-refractivity contribution in [3.8, 4) is 0 Å². The summed E-state index contributed by atoms with van der Waals surface area (Å²) in [5.41, 5.74) is -0.603. The van der Waals surface area contributed by atoms with E-state index in [1.54, 1.807) is 45.9 Å². The number of hydrogen-bond donors (Lipinski definition) is 3. The van der Waals surface area contributed by atoms with Gasteiger partial charge in [0.1, 0.15) is 5.60 Å². The van der Waals surface area contributed by atoms with Gasteiger partial charge in [0.2, 0.25) is 6.17 Å². The molecule has 0 saturated carbocycles. The number of esters is 2. The number of amides is 2. The second-order valence-corrected chi connectivity index (χ2v) is 6.84. The molecule has 1 aromatic carbocycles. The molecule has 0 aliphatic heterocycles. The van der Waals surface area contributed by atoms with Crippen molar-refractivity contribution in [2.24, 2.45) is 5.92 Å². The van der Waals surface area contributed by atoms with Crippen LogP contribution in [0.5, 0.6) is 0 Å². The van der Waals surface area contributed by atoms with Crippen LogP contribution in [0.2, 0.25) is 0 Å². The SMILES string of the molecule is CCC(C=N)C(=O)OC(=O)C(NC(=O)OC(C)(C)C)NC(=O)c1ccccc1. The third kappa shape index (κ3) is 7.56. The summed E-state index contributed by atoms with van der Waals surface area (Å²) >= 11 is 0. The molecule has 0 fully saturated rings. The van der Waals surface area contributed by atoms with Crippen LogP contribution in [0.15, 0.2) is 30.3 Å². The average molecular weight is 391 g/mol. The summed E-state index contributed by atoms with van der Waals surface area (Å²) in [7, 11) is 0. The maximum Gasteiger partial charge on any atom is 0.409 e. The zero-order valence-corrected chi connectivity index (χ0v) is 16.3. The van der Waals surface area contributed by atoms with Gasteiger partial charge in [-0.15, -0.1) is 0 Å². The number of benzene rings is 1. The Kier molecular flexibility index (Phi) is 8.30. The number of ether oxygens (including phenoxy) is 2. The predicted octanol–water partition coefficient (Wildman–Crippen LogP) is 2.01. The van der Waals surface area contributed by atoms with Crippen molar-refractivity contribution in [2.45, 2.75) is 45.9 Å². The van der Waals surface area contributed by atoms with E-state index in [-0.39, 0.29) is 12.0 Å². The summed E-state index contributed by atoms with van der Waals surface area (Å²) in [6, 6.07) is 7.99. The Balaban J connectivity index is 2.94. The molecule has 0 saturated heterocycles. The van der Waals surface area contributed by atoms with Gasteiger partial charge in [0.05, 0.1) is 5.92 Å². The number of carbonyl (C=O) groups is 4. The second kappa shape index (κ2) is 10.2. The van der Waals surface area contributed by atoms with E-state index < -0.39 is 41.6 Å². The van der Waals surface area contributed by atoms with Crippen molar-refractivity contribution in [2.75, 3.05) is 0 Å². The van der Waals surface area contributed by atoms with Gasteiger partial charge in [-0.1, -0.05) is 25.1 Å². The summed E-state index contributed by atoms with van der Waals surface area (Å²) in [6.07, 6.45) is -1.52. The maximum absolute atomic E-state index is 12.4. The largest absolute Gasteiger partial charge is 0.444 e. The molecule has 0 heterocycles. The van der Waals surface area contributed by atoms with E-state index >= 15 is 0 Å². The molecule has 1 aromatic rings. The highest BCUT2D eigenvalue weighted by atomic mass is 16.6. The minimum Gasteiger partial charge on any atom is -0.444 e. The first kappa shape index (κ1) is 22.8. The lowest BCUT2D eigenvalue weighted by atomic mass is 10.1. The lowest BCUT2D eigenvalue weighted by Gasteiger charge is -2.23. The highest BCUT2D eigenvalue weighted by Gasteiger charge is 2.30. The first-order chi connectivity index (χ1) is 13.1. The Bertz CT molecular complexity index is 727. The van der Waals surface area contributed by atoms with Crippen molar-refractivity contribution < 1.29 is 28.7 Å². The van der Waals surface area contributed by atoms with Crippen LogP contribution in [0.4, 0.5) is 4.79 Å². The van der Waals surface area contributed by atoms with Crippen LogP contribution in [0.3, 0.4) is 0 Å². The molecule has 0 spiro atoms. The molecule has 3 N–H and O–H groups in total. The molecule has 28 heavy (non-hydrogen) atoms. The number of hydrogen-bond acceptors (Lipinski definition) is 7. The van der Waals surface area contributed by atoms with Gasteiger partial charge < -0.3 is 20.2 Å². The van der Waals surface area contributed by atoms with Crippen LogP contribution < -0.4 is 10.6 Å². The number of rotatable bonds is 7. The number of nitrogens with one attached hydrogen (secondary N) is 3. The van der Waals surface area contributed by atoms with Gasteiger partial charge in [0.15, 0.2) is 0 Å². The molecule has 152 valence electrons. The molecule has 0 aliphatic carbocycles. The summed E-state index contributed by atoms with van der Waals surface area (Å²) in [4.78, 5) is 48.6. The normalized spacial score (nSPS) is 12.9. The topological polar surface area (TPSA) is 135 Å². The Morgan fingerprint density at radius 2 is 1.68 bits per heavy atom. The fraction of sp³-hybridized carbons (Fsp3) is 0.421. The van der Waals surface area contributed by atoms with Crippen molar-refractivity contribution in [1.82, 2.24) is 10.6 Å². The molecule has 0 bridgehead atoms.